The molecule has 0 aliphatic carbocycles. The molecule has 7 N–H and O–H groups in total. The van der Waals surface area contributed by atoms with Crippen LogP contribution >= 0.6 is 0 Å². The molecule has 0 aromatic carbocycles. The van der Waals surface area contributed by atoms with Crippen LogP contribution in [0.15, 0.2) is 0 Å². The lowest BCUT2D eigenvalue weighted by Gasteiger charge is -2.25. The van der Waals surface area contributed by atoms with Crippen LogP contribution in [0, 0.1) is 0 Å². The first-order valence-corrected chi connectivity index (χ1v) is 11.9. The van der Waals surface area contributed by atoms with Crippen molar-refractivity contribution in [2.75, 3.05) is 26.2 Å². The lowest BCUT2D eigenvalue weighted by atomic mass is 10.1. The standard InChI is InChI=1S/C10H17N3O2.C7H14N2O.C5H8O4/c11-9(14)8-4-2-6-13(8)10(15)7-3-1-5-12-7;8-7(10)9-5-3-1-2-4-6-9;6-4(7)2-1-3-5(8)9/h7-8,12H,1-6H2,(H2,11,14);1-6H2,(H2,8,10);1-3H2,(H,6,7)(H,8,9)/t7-,8-;;/m0../s1. The molecule has 3 aliphatic heterocycles. The van der Waals surface area contributed by atoms with Crippen LogP contribution in [0.3, 0.4) is 0 Å². The van der Waals surface area contributed by atoms with E-state index in [4.69, 9.17) is 21.7 Å². The number of urea groups is 1. The van der Waals surface area contributed by atoms with Crippen molar-refractivity contribution >= 4 is 29.8 Å². The predicted octanol–water partition coefficient (Wildman–Crippen LogP) is 0.482. The maximum absolute atomic E-state index is 12.0. The first kappa shape index (κ1) is 29.1. The molecule has 0 bridgehead atoms. The van der Waals surface area contributed by atoms with E-state index >= 15 is 0 Å². The number of aliphatic carboxylic acids is 2. The minimum absolute atomic E-state index is 0.0498. The molecule has 3 aliphatic rings. The van der Waals surface area contributed by atoms with Crippen molar-refractivity contribution in [3.8, 4) is 0 Å². The zero-order valence-corrected chi connectivity index (χ0v) is 19.7. The number of rotatable bonds is 6. The van der Waals surface area contributed by atoms with Crippen molar-refractivity contribution in [1.82, 2.24) is 15.1 Å². The number of carboxylic acids is 2. The minimum Gasteiger partial charge on any atom is -0.481 e. The molecule has 0 aromatic heterocycles. The summed E-state index contributed by atoms with van der Waals surface area (Å²) in [5.74, 6) is -2.22. The van der Waals surface area contributed by atoms with Crippen molar-refractivity contribution in [2.24, 2.45) is 11.5 Å². The number of hydrogen-bond acceptors (Lipinski definition) is 6. The van der Waals surface area contributed by atoms with Crippen molar-refractivity contribution in [2.45, 2.75) is 82.7 Å². The zero-order valence-electron chi connectivity index (χ0n) is 19.7. The Morgan fingerprint density at radius 2 is 1.38 bits per heavy atom. The summed E-state index contributed by atoms with van der Waals surface area (Å²) in [5, 5.41) is 19.2. The number of carboxylic acid groups (broad SMARTS) is 2. The Morgan fingerprint density at radius 1 is 0.794 bits per heavy atom. The molecule has 34 heavy (non-hydrogen) atoms. The summed E-state index contributed by atoms with van der Waals surface area (Å²) in [6, 6.07) is -0.730. The minimum atomic E-state index is -0.948. The third kappa shape index (κ3) is 11.3. The molecule has 3 saturated heterocycles. The molecule has 0 aromatic rings. The molecule has 12 heteroatoms. The van der Waals surface area contributed by atoms with Gasteiger partial charge in [0.2, 0.25) is 11.8 Å². The molecule has 12 nitrogen and oxygen atoms in total. The van der Waals surface area contributed by atoms with E-state index in [0.717, 1.165) is 51.7 Å². The third-order valence-corrected chi connectivity index (χ3v) is 5.92. The Bertz CT molecular complexity index is 675. The van der Waals surface area contributed by atoms with Crippen molar-refractivity contribution in [1.29, 1.82) is 0 Å². The van der Waals surface area contributed by atoms with Gasteiger partial charge in [0.15, 0.2) is 0 Å². The van der Waals surface area contributed by atoms with Crippen molar-refractivity contribution in [3.63, 3.8) is 0 Å². The van der Waals surface area contributed by atoms with E-state index < -0.39 is 11.9 Å². The third-order valence-electron chi connectivity index (χ3n) is 5.92. The summed E-state index contributed by atoms with van der Waals surface area (Å²) in [4.78, 5) is 56.8. The van der Waals surface area contributed by atoms with Crippen LogP contribution in [0.25, 0.3) is 0 Å². The van der Waals surface area contributed by atoms with E-state index in [1.165, 1.54) is 12.8 Å². The van der Waals surface area contributed by atoms with Crippen LogP contribution < -0.4 is 16.8 Å². The molecular weight excluding hydrogens is 446 g/mol. The van der Waals surface area contributed by atoms with E-state index in [0.29, 0.717) is 13.0 Å². The Morgan fingerprint density at radius 3 is 1.82 bits per heavy atom. The highest BCUT2D eigenvalue weighted by molar-refractivity contribution is 5.89. The van der Waals surface area contributed by atoms with Gasteiger partial charge in [-0.2, -0.15) is 0 Å². The van der Waals surface area contributed by atoms with Gasteiger partial charge in [0.05, 0.1) is 6.04 Å². The molecule has 0 unspecified atom stereocenters. The fourth-order valence-electron chi connectivity index (χ4n) is 4.10. The molecule has 4 amide bonds. The SMILES string of the molecule is NC(=O)N1CCCCCC1.NC(=O)[C@@H]1CCCN1C(=O)[C@@H]1CCCN1.O=C(O)CCCC(=O)O. The Hall–Kier alpha value is -2.89. The highest BCUT2D eigenvalue weighted by Crippen LogP contribution is 2.20. The monoisotopic (exact) mass is 485 g/mol. The van der Waals surface area contributed by atoms with Gasteiger partial charge in [-0.05, 0) is 51.5 Å². The number of amides is 4. The van der Waals surface area contributed by atoms with E-state index in [1.54, 1.807) is 9.80 Å². The molecule has 0 saturated carbocycles. The molecule has 2 atom stereocenters. The van der Waals surface area contributed by atoms with E-state index in [1.807, 2.05) is 0 Å². The summed E-state index contributed by atoms with van der Waals surface area (Å²) < 4.78 is 0. The van der Waals surface area contributed by atoms with Crippen LogP contribution in [0.2, 0.25) is 0 Å². The summed E-state index contributed by atoms with van der Waals surface area (Å²) in [7, 11) is 0. The number of carbonyl (C=O) groups excluding carboxylic acids is 3. The molecule has 3 fully saturated rings. The number of nitrogens with one attached hydrogen (secondary N) is 1. The lowest BCUT2D eigenvalue weighted by Crippen LogP contribution is -2.49. The summed E-state index contributed by atoms with van der Waals surface area (Å²) in [5.41, 5.74) is 10.4. The highest BCUT2D eigenvalue weighted by Gasteiger charge is 2.36. The Labute approximate surface area is 200 Å². The lowest BCUT2D eigenvalue weighted by molar-refractivity contribution is -0.139. The van der Waals surface area contributed by atoms with Crippen LogP contribution in [0.5, 0.6) is 0 Å². The van der Waals surface area contributed by atoms with E-state index in [-0.39, 0.29) is 49.2 Å². The molecule has 3 rings (SSSR count). The summed E-state index contributed by atoms with van der Waals surface area (Å²) >= 11 is 0. The van der Waals surface area contributed by atoms with E-state index in [2.05, 4.69) is 5.32 Å². The molecular formula is C22H39N5O7. The molecule has 0 spiro atoms. The number of nitrogens with two attached hydrogens (primary N) is 2. The van der Waals surface area contributed by atoms with Gasteiger partial charge in [0, 0.05) is 32.5 Å². The first-order valence-electron chi connectivity index (χ1n) is 11.9. The van der Waals surface area contributed by atoms with Crippen molar-refractivity contribution < 1.29 is 34.2 Å². The summed E-state index contributed by atoms with van der Waals surface area (Å²) in [6.45, 7) is 3.28. The highest BCUT2D eigenvalue weighted by atomic mass is 16.4. The zero-order chi connectivity index (χ0) is 25.5. The fourth-order valence-corrected chi connectivity index (χ4v) is 4.10. The van der Waals surface area contributed by atoms with Crippen LogP contribution in [-0.2, 0) is 19.2 Å². The number of hydrogen-bond donors (Lipinski definition) is 5. The first-order chi connectivity index (χ1) is 16.1. The average Bonchev–Trinajstić information content (AvgIpc) is 3.41. The predicted molar refractivity (Wildman–Crippen MR) is 124 cm³/mol. The number of nitrogens with zero attached hydrogens (tertiary/aromatic N) is 2. The fraction of sp³-hybridized carbons (Fsp3) is 0.773. The van der Waals surface area contributed by atoms with Gasteiger partial charge in [-0.25, -0.2) is 4.79 Å². The number of likely N-dealkylation sites (tertiary alicyclic amines) is 2. The average molecular weight is 486 g/mol. The van der Waals surface area contributed by atoms with Crippen LogP contribution in [0.1, 0.15) is 70.6 Å². The second-order valence-electron chi connectivity index (χ2n) is 8.62. The van der Waals surface area contributed by atoms with E-state index in [9.17, 15) is 24.0 Å². The van der Waals surface area contributed by atoms with Crippen molar-refractivity contribution in [3.05, 3.63) is 0 Å². The second kappa shape index (κ2) is 15.9. The topological polar surface area (TPSA) is 196 Å². The maximum atomic E-state index is 12.0. The number of primary amides is 2. The van der Waals surface area contributed by atoms with Crippen LogP contribution in [0.4, 0.5) is 4.79 Å². The molecule has 3 heterocycles. The Balaban J connectivity index is 0.000000268. The quantitative estimate of drug-likeness (QED) is 0.358. The van der Waals surface area contributed by atoms with Gasteiger partial charge in [0.1, 0.15) is 6.04 Å². The maximum Gasteiger partial charge on any atom is 0.314 e. The molecule has 0 radical (unpaired) electrons. The van der Waals surface area contributed by atoms with Gasteiger partial charge >= 0.3 is 18.0 Å². The van der Waals surface area contributed by atoms with Gasteiger partial charge in [-0.15, -0.1) is 0 Å². The normalized spacial score (nSPS) is 21.9. The van der Waals surface area contributed by atoms with Gasteiger partial charge in [0.25, 0.3) is 0 Å². The Kier molecular flexibility index (Phi) is 13.6. The van der Waals surface area contributed by atoms with Gasteiger partial charge in [-0.1, -0.05) is 12.8 Å². The smallest absolute Gasteiger partial charge is 0.314 e. The van der Waals surface area contributed by atoms with Gasteiger partial charge < -0.3 is 36.8 Å². The van der Waals surface area contributed by atoms with Gasteiger partial charge in [-0.3, -0.25) is 19.2 Å². The number of carbonyl (C=O) groups is 5. The summed E-state index contributed by atoms with van der Waals surface area (Å²) in [6.07, 6.45) is 8.30. The van der Waals surface area contributed by atoms with Crippen LogP contribution in [-0.4, -0.2) is 88.1 Å². The molecule has 194 valence electrons. The largest absolute Gasteiger partial charge is 0.481 e. The second-order valence-corrected chi connectivity index (χ2v) is 8.62.